The van der Waals surface area contributed by atoms with Crippen molar-refractivity contribution in [3.05, 3.63) is 60.2 Å². The quantitative estimate of drug-likeness (QED) is 0.785. The predicted octanol–water partition coefficient (Wildman–Crippen LogP) is 4.02. The first kappa shape index (κ1) is 15.9. The zero-order chi connectivity index (χ0) is 15.9. The highest BCUT2D eigenvalue weighted by atomic mass is 16.5. The molecule has 1 saturated carbocycles. The molecule has 1 N–H and O–H groups in total. The van der Waals surface area contributed by atoms with Crippen LogP contribution in [0.1, 0.15) is 30.7 Å². The average Bonchev–Trinajstić information content (AvgIpc) is 3.09. The SMILES string of the molecule is OCC1CCC(c2ccc(OCCOc3ccccc3)cc2)C1. The van der Waals surface area contributed by atoms with Crippen LogP contribution in [0.15, 0.2) is 54.6 Å². The van der Waals surface area contributed by atoms with Crippen LogP contribution >= 0.6 is 0 Å². The molecule has 2 atom stereocenters. The average molecular weight is 312 g/mol. The molecule has 1 aliphatic carbocycles. The van der Waals surface area contributed by atoms with E-state index in [4.69, 9.17) is 9.47 Å². The van der Waals surface area contributed by atoms with E-state index in [0.29, 0.717) is 31.7 Å². The summed E-state index contributed by atoms with van der Waals surface area (Å²) in [6.07, 6.45) is 3.41. The number of rotatable bonds is 7. The van der Waals surface area contributed by atoms with E-state index >= 15 is 0 Å². The summed E-state index contributed by atoms with van der Waals surface area (Å²) in [7, 11) is 0. The Morgan fingerprint density at radius 1 is 0.826 bits per heavy atom. The maximum Gasteiger partial charge on any atom is 0.122 e. The largest absolute Gasteiger partial charge is 0.490 e. The van der Waals surface area contributed by atoms with Gasteiger partial charge in [0.05, 0.1) is 0 Å². The Labute approximate surface area is 137 Å². The molecule has 122 valence electrons. The summed E-state index contributed by atoms with van der Waals surface area (Å²) >= 11 is 0. The summed E-state index contributed by atoms with van der Waals surface area (Å²) in [5.41, 5.74) is 1.36. The van der Waals surface area contributed by atoms with Crippen molar-refractivity contribution < 1.29 is 14.6 Å². The van der Waals surface area contributed by atoms with E-state index in [9.17, 15) is 5.11 Å². The van der Waals surface area contributed by atoms with Gasteiger partial charge < -0.3 is 14.6 Å². The molecule has 0 spiro atoms. The first-order chi connectivity index (χ1) is 11.3. The fourth-order valence-electron chi connectivity index (χ4n) is 3.22. The summed E-state index contributed by atoms with van der Waals surface area (Å²) in [5, 5.41) is 9.25. The molecule has 0 radical (unpaired) electrons. The Kier molecular flexibility index (Phi) is 5.54. The number of benzene rings is 2. The van der Waals surface area contributed by atoms with Gasteiger partial charge in [0, 0.05) is 6.61 Å². The molecule has 23 heavy (non-hydrogen) atoms. The van der Waals surface area contributed by atoms with Gasteiger partial charge >= 0.3 is 0 Å². The standard InChI is InChI=1S/C20H24O3/c21-15-16-6-7-18(14-16)17-8-10-20(11-9-17)23-13-12-22-19-4-2-1-3-5-19/h1-5,8-11,16,18,21H,6-7,12-15H2. The third-order valence-corrected chi connectivity index (χ3v) is 4.51. The van der Waals surface area contributed by atoms with Gasteiger partial charge in [0.2, 0.25) is 0 Å². The third-order valence-electron chi connectivity index (χ3n) is 4.51. The van der Waals surface area contributed by atoms with Crippen molar-refractivity contribution in [2.45, 2.75) is 25.2 Å². The molecule has 2 unspecified atom stereocenters. The van der Waals surface area contributed by atoms with E-state index in [1.54, 1.807) is 0 Å². The zero-order valence-electron chi connectivity index (χ0n) is 13.4. The van der Waals surface area contributed by atoms with Crippen molar-refractivity contribution in [3.8, 4) is 11.5 Å². The van der Waals surface area contributed by atoms with Crippen LogP contribution in [0.4, 0.5) is 0 Å². The van der Waals surface area contributed by atoms with Crippen LogP contribution in [0.2, 0.25) is 0 Å². The molecule has 0 heterocycles. The minimum Gasteiger partial charge on any atom is -0.490 e. The smallest absolute Gasteiger partial charge is 0.122 e. The van der Waals surface area contributed by atoms with Gasteiger partial charge in [0.1, 0.15) is 24.7 Å². The minimum atomic E-state index is 0.319. The molecule has 0 amide bonds. The molecule has 1 fully saturated rings. The third kappa shape index (κ3) is 4.49. The lowest BCUT2D eigenvalue weighted by atomic mass is 9.96. The lowest BCUT2D eigenvalue weighted by Gasteiger charge is -2.12. The van der Waals surface area contributed by atoms with E-state index in [2.05, 4.69) is 12.1 Å². The lowest BCUT2D eigenvalue weighted by molar-refractivity contribution is 0.217. The van der Waals surface area contributed by atoms with Gasteiger partial charge in [-0.15, -0.1) is 0 Å². The van der Waals surface area contributed by atoms with Crippen LogP contribution in [0.25, 0.3) is 0 Å². The lowest BCUT2D eigenvalue weighted by Crippen LogP contribution is -2.09. The fourth-order valence-corrected chi connectivity index (χ4v) is 3.22. The van der Waals surface area contributed by atoms with Crippen molar-refractivity contribution >= 4 is 0 Å². The molecule has 2 aromatic rings. The summed E-state index contributed by atoms with van der Waals surface area (Å²) in [5.74, 6) is 2.81. The van der Waals surface area contributed by atoms with E-state index in [-0.39, 0.29) is 0 Å². The highest BCUT2D eigenvalue weighted by Crippen LogP contribution is 2.38. The topological polar surface area (TPSA) is 38.7 Å². The maximum atomic E-state index is 9.25. The normalized spacial score (nSPS) is 20.4. The summed E-state index contributed by atoms with van der Waals surface area (Å²) in [4.78, 5) is 0. The Morgan fingerprint density at radius 2 is 1.48 bits per heavy atom. The Bertz CT molecular complexity index is 580. The number of ether oxygens (including phenoxy) is 2. The second-order valence-electron chi connectivity index (χ2n) is 6.14. The monoisotopic (exact) mass is 312 g/mol. The molecule has 3 nitrogen and oxygen atoms in total. The molecular formula is C20H24O3. The zero-order valence-corrected chi connectivity index (χ0v) is 13.4. The number of aliphatic hydroxyl groups excluding tert-OH is 1. The molecule has 2 aromatic carbocycles. The van der Waals surface area contributed by atoms with Crippen LogP contribution in [0.3, 0.4) is 0 Å². The summed E-state index contributed by atoms with van der Waals surface area (Å²) in [6.45, 7) is 1.38. The van der Waals surface area contributed by atoms with Gasteiger partial charge in [0.15, 0.2) is 0 Å². The first-order valence-corrected chi connectivity index (χ1v) is 8.36. The number of aliphatic hydroxyl groups is 1. The maximum absolute atomic E-state index is 9.25. The highest BCUT2D eigenvalue weighted by Gasteiger charge is 2.25. The molecule has 3 heteroatoms. The van der Waals surface area contributed by atoms with E-state index in [1.807, 2.05) is 42.5 Å². The highest BCUT2D eigenvalue weighted by molar-refractivity contribution is 5.30. The second-order valence-corrected chi connectivity index (χ2v) is 6.14. The van der Waals surface area contributed by atoms with Gasteiger partial charge in [-0.25, -0.2) is 0 Å². The molecule has 3 rings (SSSR count). The van der Waals surface area contributed by atoms with Crippen LogP contribution in [-0.4, -0.2) is 24.9 Å². The second kappa shape index (κ2) is 8.02. The summed E-state index contributed by atoms with van der Waals surface area (Å²) in [6, 6.07) is 18.1. The number of hydrogen-bond acceptors (Lipinski definition) is 3. The van der Waals surface area contributed by atoms with Crippen molar-refractivity contribution in [3.63, 3.8) is 0 Å². The Balaban J connectivity index is 1.43. The molecule has 0 saturated heterocycles. The van der Waals surface area contributed by atoms with Gasteiger partial charge in [-0.05, 0) is 60.9 Å². The van der Waals surface area contributed by atoms with Gasteiger partial charge in [-0.2, -0.15) is 0 Å². The fraction of sp³-hybridized carbons (Fsp3) is 0.400. The van der Waals surface area contributed by atoms with Crippen LogP contribution in [-0.2, 0) is 0 Å². The van der Waals surface area contributed by atoms with Crippen molar-refractivity contribution in [1.82, 2.24) is 0 Å². The first-order valence-electron chi connectivity index (χ1n) is 8.36. The van der Waals surface area contributed by atoms with Crippen molar-refractivity contribution in [1.29, 1.82) is 0 Å². The molecule has 0 aliphatic heterocycles. The van der Waals surface area contributed by atoms with Crippen molar-refractivity contribution in [2.24, 2.45) is 5.92 Å². The van der Waals surface area contributed by atoms with E-state index in [1.165, 1.54) is 12.0 Å². The van der Waals surface area contributed by atoms with Gasteiger partial charge in [0.25, 0.3) is 0 Å². The Hall–Kier alpha value is -2.00. The van der Waals surface area contributed by atoms with Gasteiger partial charge in [-0.1, -0.05) is 30.3 Å². The molecule has 0 bridgehead atoms. The number of para-hydroxylation sites is 1. The van der Waals surface area contributed by atoms with Gasteiger partial charge in [-0.3, -0.25) is 0 Å². The predicted molar refractivity (Wildman–Crippen MR) is 91.0 cm³/mol. The number of hydrogen-bond donors (Lipinski definition) is 1. The van der Waals surface area contributed by atoms with Crippen LogP contribution in [0, 0.1) is 5.92 Å². The van der Waals surface area contributed by atoms with E-state index in [0.717, 1.165) is 24.3 Å². The van der Waals surface area contributed by atoms with E-state index < -0.39 is 0 Å². The van der Waals surface area contributed by atoms with Crippen LogP contribution < -0.4 is 9.47 Å². The molecule has 1 aliphatic rings. The van der Waals surface area contributed by atoms with Crippen molar-refractivity contribution in [2.75, 3.05) is 19.8 Å². The minimum absolute atomic E-state index is 0.319. The Morgan fingerprint density at radius 3 is 2.09 bits per heavy atom. The summed E-state index contributed by atoms with van der Waals surface area (Å²) < 4.78 is 11.3. The molecule has 0 aromatic heterocycles. The molecular weight excluding hydrogens is 288 g/mol. The van der Waals surface area contributed by atoms with Crippen LogP contribution in [0.5, 0.6) is 11.5 Å².